The molecule has 0 atom stereocenters. The molecule has 9 heteroatoms. The lowest BCUT2D eigenvalue weighted by atomic mass is 10.1. The van der Waals surface area contributed by atoms with Crippen molar-refractivity contribution in [3.8, 4) is 0 Å². The van der Waals surface area contributed by atoms with Gasteiger partial charge in [0.25, 0.3) is 5.91 Å². The maximum absolute atomic E-state index is 13.8. The summed E-state index contributed by atoms with van der Waals surface area (Å²) in [7, 11) is 0. The lowest BCUT2D eigenvalue weighted by molar-refractivity contribution is 0.0548. The molecule has 1 N–H and O–H groups in total. The summed E-state index contributed by atoms with van der Waals surface area (Å²) in [4.78, 5) is 28.1. The van der Waals surface area contributed by atoms with Gasteiger partial charge >= 0.3 is 6.03 Å². The summed E-state index contributed by atoms with van der Waals surface area (Å²) in [5, 5.41) is 0. The van der Waals surface area contributed by atoms with Crippen molar-refractivity contribution in [1.29, 1.82) is 0 Å². The highest BCUT2D eigenvalue weighted by Crippen LogP contribution is 2.21. The molecule has 28 heavy (non-hydrogen) atoms. The molecule has 0 aromatic heterocycles. The molecule has 1 aliphatic rings. The molecule has 0 radical (unpaired) electrons. The minimum absolute atomic E-state index is 0.214. The van der Waals surface area contributed by atoms with E-state index in [1.807, 2.05) is 0 Å². The number of hydroxylamine groups is 1. The second-order valence-corrected chi connectivity index (χ2v) is 6.59. The number of nitrogens with zero attached hydrogens (tertiary/aromatic N) is 2. The van der Waals surface area contributed by atoms with Crippen LogP contribution in [0.2, 0.25) is 0 Å². The van der Waals surface area contributed by atoms with Gasteiger partial charge < -0.3 is 9.64 Å². The van der Waals surface area contributed by atoms with Crippen molar-refractivity contribution >= 4 is 40.6 Å². The monoisotopic (exact) mass is 499 g/mol. The fourth-order valence-electron chi connectivity index (χ4n) is 2.88. The van der Waals surface area contributed by atoms with Crippen molar-refractivity contribution in [3.63, 3.8) is 0 Å². The summed E-state index contributed by atoms with van der Waals surface area (Å²) in [6.07, 6.45) is 0. The second kappa shape index (κ2) is 9.80. The fourth-order valence-corrected chi connectivity index (χ4v) is 3.08. The highest BCUT2D eigenvalue weighted by molar-refractivity contribution is 14.1. The van der Waals surface area contributed by atoms with Crippen LogP contribution in [-0.4, -0.2) is 43.1 Å². The molecule has 1 saturated heterocycles. The Morgan fingerprint density at radius 3 is 2.54 bits per heavy atom. The van der Waals surface area contributed by atoms with Crippen molar-refractivity contribution in [3.05, 3.63) is 65.5 Å². The number of carbonyl (C=O) groups is 2. The maximum atomic E-state index is 13.8. The van der Waals surface area contributed by atoms with E-state index in [2.05, 4.69) is 8.65 Å². The van der Waals surface area contributed by atoms with Gasteiger partial charge in [-0.2, -0.15) is 0 Å². The zero-order valence-electron chi connectivity index (χ0n) is 14.9. The van der Waals surface area contributed by atoms with Crippen LogP contribution in [-0.2, 0) is 14.4 Å². The Bertz CT molecular complexity index is 828. The number of carbonyl (C=O) groups excluding carboxylic acids is 2. The molecular weight excluding hydrogens is 480 g/mol. The molecule has 0 bridgehead atoms. The molecule has 1 heterocycles. The highest BCUT2D eigenvalue weighted by atomic mass is 127. The van der Waals surface area contributed by atoms with Crippen molar-refractivity contribution in [2.75, 3.05) is 31.2 Å². The third-order valence-corrected chi connectivity index (χ3v) is 4.54. The number of morpholine rings is 1. The summed E-state index contributed by atoms with van der Waals surface area (Å²) in [5.74, 6) is -0.782. The summed E-state index contributed by atoms with van der Waals surface area (Å²) >= 11 is 1.57. The predicted octanol–water partition coefficient (Wildman–Crippen LogP) is 3.30. The van der Waals surface area contributed by atoms with Crippen LogP contribution in [0.3, 0.4) is 0 Å². The van der Waals surface area contributed by atoms with Gasteiger partial charge in [-0.3, -0.25) is 9.69 Å². The Balaban J connectivity index is 1.82. The van der Waals surface area contributed by atoms with Gasteiger partial charge in [-0.05, 0) is 35.9 Å². The third kappa shape index (κ3) is 5.18. The van der Waals surface area contributed by atoms with Crippen LogP contribution in [0.4, 0.5) is 14.9 Å². The molecule has 0 aliphatic carbocycles. The zero-order valence-corrected chi connectivity index (χ0v) is 17.1. The van der Waals surface area contributed by atoms with Gasteiger partial charge in [-0.1, -0.05) is 18.2 Å². The minimum atomic E-state index is -0.414. The highest BCUT2D eigenvalue weighted by Gasteiger charge is 2.24. The van der Waals surface area contributed by atoms with Crippen LogP contribution in [0.25, 0.3) is 0 Å². The molecule has 0 spiro atoms. The second-order valence-electron chi connectivity index (χ2n) is 6.15. The topological polar surface area (TPSA) is 71.1 Å². The van der Waals surface area contributed by atoms with Crippen molar-refractivity contribution in [2.45, 2.75) is 6.54 Å². The molecule has 1 aliphatic heterocycles. The summed E-state index contributed by atoms with van der Waals surface area (Å²) in [6, 6.07) is 12.5. The van der Waals surface area contributed by atoms with E-state index in [0.29, 0.717) is 37.6 Å². The van der Waals surface area contributed by atoms with Gasteiger partial charge in [0.05, 0.1) is 19.8 Å². The van der Waals surface area contributed by atoms with Crippen molar-refractivity contribution in [2.24, 2.45) is 0 Å². The van der Waals surface area contributed by atoms with Crippen molar-refractivity contribution < 1.29 is 21.9 Å². The molecular formula is C19H19FIN3O4. The molecule has 7 nitrogen and oxygen atoms in total. The molecule has 3 amide bonds. The molecule has 0 saturated carbocycles. The Labute approximate surface area is 176 Å². The normalized spacial score (nSPS) is 13.9. The van der Waals surface area contributed by atoms with E-state index < -0.39 is 5.82 Å². The number of hydrogen-bond acceptors (Lipinski definition) is 4. The first kappa shape index (κ1) is 20.5. The van der Waals surface area contributed by atoms with E-state index in [1.54, 1.807) is 64.3 Å². The Morgan fingerprint density at radius 2 is 1.89 bits per heavy atom. The Morgan fingerprint density at radius 1 is 1.18 bits per heavy atom. The average molecular weight is 499 g/mol. The summed E-state index contributed by atoms with van der Waals surface area (Å²) in [6.45, 7) is 2.17. The van der Waals surface area contributed by atoms with E-state index in [4.69, 9.17) is 4.74 Å². The molecule has 1 fully saturated rings. The van der Waals surface area contributed by atoms with E-state index in [-0.39, 0.29) is 18.5 Å². The fraction of sp³-hybridized carbons (Fsp3) is 0.263. The van der Waals surface area contributed by atoms with Gasteiger partial charge in [0.1, 0.15) is 28.8 Å². The number of ether oxygens (including phenoxy) is 1. The van der Waals surface area contributed by atoms with Gasteiger partial charge in [-0.15, -0.1) is 0 Å². The van der Waals surface area contributed by atoms with E-state index in [1.165, 1.54) is 17.0 Å². The van der Waals surface area contributed by atoms with Gasteiger partial charge in [-0.25, -0.2) is 17.8 Å². The lowest BCUT2D eigenvalue weighted by Crippen LogP contribution is -2.48. The van der Waals surface area contributed by atoms with Crippen LogP contribution in [0, 0.1) is 5.82 Å². The van der Waals surface area contributed by atoms with Crippen LogP contribution in [0.1, 0.15) is 15.9 Å². The number of amides is 3. The average Bonchev–Trinajstić information content (AvgIpc) is 2.73. The molecule has 148 valence electrons. The van der Waals surface area contributed by atoms with Crippen molar-refractivity contribution in [1.82, 2.24) is 10.4 Å². The van der Waals surface area contributed by atoms with E-state index >= 15 is 0 Å². The van der Waals surface area contributed by atoms with E-state index in [9.17, 15) is 14.0 Å². The number of rotatable bonds is 5. The number of nitrogens with one attached hydrogen (secondary N) is 1. The smallest absolute Gasteiger partial charge is 0.324 e. The number of hydrogen-bond donors (Lipinski definition) is 1. The van der Waals surface area contributed by atoms with Crippen LogP contribution >= 0.6 is 23.0 Å². The third-order valence-electron chi connectivity index (χ3n) is 4.32. The van der Waals surface area contributed by atoms with Gasteiger partial charge in [0.2, 0.25) is 0 Å². The maximum Gasteiger partial charge on any atom is 0.324 e. The number of urea groups is 1. The standard InChI is InChI=1S/C19H19FIN3O4/c20-16-2-1-3-17(12-16)24(19(26)23-8-10-27-11-9-23)13-14-4-6-15(7-5-14)18(25)22-28-21/h1-7,12H,8-11,13H2,(H,22,25). The van der Waals surface area contributed by atoms with Crippen LogP contribution in [0.5, 0.6) is 0 Å². The molecule has 2 aromatic carbocycles. The first-order valence-corrected chi connectivity index (χ1v) is 9.53. The Hall–Kier alpha value is -2.24. The number of benzene rings is 2. The van der Waals surface area contributed by atoms with Gasteiger partial charge in [0, 0.05) is 24.3 Å². The zero-order chi connectivity index (χ0) is 19.9. The summed E-state index contributed by atoms with van der Waals surface area (Å²) < 4.78 is 23.7. The number of anilines is 1. The Kier molecular flexibility index (Phi) is 7.18. The quantitative estimate of drug-likeness (QED) is 0.507. The minimum Gasteiger partial charge on any atom is -0.378 e. The molecule has 2 aromatic rings. The number of halogens is 2. The molecule has 0 unspecified atom stereocenters. The van der Waals surface area contributed by atoms with E-state index in [0.717, 1.165) is 5.56 Å². The van der Waals surface area contributed by atoms with Crippen LogP contribution in [0.15, 0.2) is 48.5 Å². The summed E-state index contributed by atoms with van der Waals surface area (Å²) in [5.41, 5.74) is 3.94. The lowest BCUT2D eigenvalue weighted by Gasteiger charge is -2.33. The molecule has 3 rings (SSSR count). The SMILES string of the molecule is O=C(NOI)c1ccc(CN(C(=O)N2CCOCC2)c2cccc(F)c2)cc1. The first-order valence-electron chi connectivity index (χ1n) is 8.65. The predicted molar refractivity (Wildman–Crippen MR) is 109 cm³/mol. The van der Waals surface area contributed by atoms with Gasteiger partial charge in [0.15, 0.2) is 0 Å². The largest absolute Gasteiger partial charge is 0.378 e. The first-order chi connectivity index (χ1) is 13.6. The van der Waals surface area contributed by atoms with Crippen LogP contribution < -0.4 is 10.4 Å².